The number of H-pyrrole nitrogens is 2. The number of hydrogen-bond acceptors (Lipinski definition) is 5. The van der Waals surface area contributed by atoms with Gasteiger partial charge < -0.3 is 9.97 Å². The Balaban J connectivity index is 1.92. The predicted octanol–water partition coefficient (Wildman–Crippen LogP) is 0.0242. The zero-order valence-corrected chi connectivity index (χ0v) is 12.7. The van der Waals surface area contributed by atoms with Crippen LogP contribution >= 0.6 is 0 Å². The van der Waals surface area contributed by atoms with Gasteiger partial charge in [0.05, 0.1) is 22.0 Å². The molecule has 0 saturated carbocycles. The lowest BCUT2D eigenvalue weighted by Gasteiger charge is -2.11. The monoisotopic (exact) mass is 322 g/mol. The summed E-state index contributed by atoms with van der Waals surface area (Å²) in [4.78, 5) is 16.4. The standard InChI is InChI=1S/C12H14N6O3S/c1-7(11-6-18(2)17-15-11)16-22(20,21)8-3-4-9-10(5-8)14-12(19)13-9/h3-7,16H,1-2H3,(H2,13,14,19)/t7-/m0/s1. The van der Waals surface area contributed by atoms with Crippen LogP contribution in [0.4, 0.5) is 0 Å². The average molecular weight is 322 g/mol. The van der Waals surface area contributed by atoms with Gasteiger partial charge in [0, 0.05) is 13.2 Å². The van der Waals surface area contributed by atoms with Gasteiger partial charge in [-0.15, -0.1) is 5.10 Å². The molecular weight excluding hydrogens is 308 g/mol. The molecule has 1 aromatic carbocycles. The molecule has 3 N–H and O–H groups in total. The number of nitrogens with one attached hydrogen (secondary N) is 3. The zero-order valence-electron chi connectivity index (χ0n) is 11.9. The third kappa shape index (κ3) is 2.65. The maximum atomic E-state index is 12.4. The summed E-state index contributed by atoms with van der Waals surface area (Å²) in [6.45, 7) is 1.68. The van der Waals surface area contributed by atoms with Crippen LogP contribution in [0.15, 0.2) is 34.1 Å². The fraction of sp³-hybridized carbons (Fsp3) is 0.250. The van der Waals surface area contributed by atoms with Crippen LogP contribution < -0.4 is 10.4 Å². The van der Waals surface area contributed by atoms with E-state index in [9.17, 15) is 13.2 Å². The summed E-state index contributed by atoms with van der Waals surface area (Å²) >= 11 is 0. The number of hydrogen-bond donors (Lipinski definition) is 3. The van der Waals surface area contributed by atoms with Crippen molar-refractivity contribution in [2.45, 2.75) is 17.9 Å². The van der Waals surface area contributed by atoms with Gasteiger partial charge in [0.1, 0.15) is 5.69 Å². The number of aromatic amines is 2. The maximum Gasteiger partial charge on any atom is 0.323 e. The van der Waals surface area contributed by atoms with Gasteiger partial charge in [-0.05, 0) is 25.1 Å². The van der Waals surface area contributed by atoms with E-state index < -0.39 is 16.1 Å². The largest absolute Gasteiger partial charge is 0.323 e. The molecular formula is C12H14N6O3S. The Morgan fingerprint density at radius 3 is 2.68 bits per heavy atom. The van der Waals surface area contributed by atoms with Crippen molar-refractivity contribution in [2.24, 2.45) is 7.05 Å². The molecule has 3 rings (SSSR count). The molecule has 3 aromatic rings. The smallest absolute Gasteiger partial charge is 0.306 e. The molecule has 0 bridgehead atoms. The molecule has 0 aliphatic carbocycles. The second kappa shape index (κ2) is 5.07. The molecule has 0 aliphatic heterocycles. The summed E-state index contributed by atoms with van der Waals surface area (Å²) in [6, 6.07) is 3.84. The van der Waals surface area contributed by atoms with Crippen molar-refractivity contribution in [1.82, 2.24) is 29.7 Å². The van der Waals surface area contributed by atoms with E-state index >= 15 is 0 Å². The van der Waals surface area contributed by atoms with Crippen molar-refractivity contribution in [3.8, 4) is 0 Å². The molecule has 2 heterocycles. The SMILES string of the molecule is C[C@H](NS(=O)(=O)c1ccc2[nH]c(=O)[nH]c2c1)c1cn(C)nn1. The van der Waals surface area contributed by atoms with Crippen molar-refractivity contribution in [3.05, 3.63) is 40.6 Å². The third-order valence-electron chi connectivity index (χ3n) is 3.19. The Morgan fingerprint density at radius 2 is 2.00 bits per heavy atom. The molecule has 0 unspecified atom stereocenters. The summed E-state index contributed by atoms with van der Waals surface area (Å²) < 4.78 is 28.8. The fourth-order valence-corrected chi connectivity index (χ4v) is 3.35. The van der Waals surface area contributed by atoms with E-state index in [1.54, 1.807) is 20.2 Å². The highest BCUT2D eigenvalue weighted by molar-refractivity contribution is 7.89. The summed E-state index contributed by atoms with van der Waals surface area (Å²) in [5.41, 5.74) is 1.11. The number of rotatable bonds is 4. The van der Waals surface area contributed by atoms with E-state index in [1.165, 1.54) is 22.9 Å². The number of imidazole rings is 1. The Labute approximate surface area is 125 Å². The highest BCUT2D eigenvalue weighted by Gasteiger charge is 2.20. The van der Waals surface area contributed by atoms with Crippen LogP contribution in [0.25, 0.3) is 11.0 Å². The van der Waals surface area contributed by atoms with E-state index in [4.69, 9.17) is 0 Å². The highest BCUT2D eigenvalue weighted by atomic mass is 32.2. The number of benzene rings is 1. The van der Waals surface area contributed by atoms with Crippen LogP contribution in [0.3, 0.4) is 0 Å². The first-order valence-electron chi connectivity index (χ1n) is 6.46. The minimum Gasteiger partial charge on any atom is -0.306 e. The van der Waals surface area contributed by atoms with E-state index in [2.05, 4.69) is 25.0 Å². The maximum absolute atomic E-state index is 12.4. The van der Waals surface area contributed by atoms with Crippen LogP contribution in [0, 0.1) is 0 Å². The molecule has 1 atom stereocenters. The number of fused-ring (bicyclic) bond motifs is 1. The molecule has 2 aromatic heterocycles. The average Bonchev–Trinajstić information content (AvgIpc) is 3.02. The Bertz CT molecular complexity index is 984. The summed E-state index contributed by atoms with van der Waals surface area (Å²) in [5.74, 6) is 0. The molecule has 10 heteroatoms. The molecule has 0 spiro atoms. The van der Waals surface area contributed by atoms with E-state index in [-0.39, 0.29) is 10.6 Å². The topological polar surface area (TPSA) is 126 Å². The van der Waals surface area contributed by atoms with Crippen molar-refractivity contribution in [3.63, 3.8) is 0 Å². The van der Waals surface area contributed by atoms with Gasteiger partial charge in [0.2, 0.25) is 10.0 Å². The predicted molar refractivity (Wildman–Crippen MR) is 78.7 cm³/mol. The normalized spacial score (nSPS) is 13.5. The number of aromatic nitrogens is 5. The van der Waals surface area contributed by atoms with Gasteiger partial charge in [-0.25, -0.2) is 17.9 Å². The second-order valence-electron chi connectivity index (χ2n) is 4.95. The van der Waals surface area contributed by atoms with Gasteiger partial charge in [-0.2, -0.15) is 0 Å². The van der Waals surface area contributed by atoms with Crippen molar-refractivity contribution < 1.29 is 8.42 Å². The molecule has 116 valence electrons. The van der Waals surface area contributed by atoms with Crippen molar-refractivity contribution >= 4 is 21.1 Å². The van der Waals surface area contributed by atoms with Crippen molar-refractivity contribution in [1.29, 1.82) is 0 Å². The fourth-order valence-electron chi connectivity index (χ4n) is 2.10. The summed E-state index contributed by atoms with van der Waals surface area (Å²) in [7, 11) is -2.04. The number of sulfonamides is 1. The van der Waals surface area contributed by atoms with Gasteiger partial charge in [-0.1, -0.05) is 5.21 Å². The molecule has 22 heavy (non-hydrogen) atoms. The Hall–Kier alpha value is -2.46. The first kappa shape index (κ1) is 14.5. The van der Waals surface area contributed by atoms with Gasteiger partial charge in [0.25, 0.3) is 0 Å². The molecule has 9 nitrogen and oxygen atoms in total. The van der Waals surface area contributed by atoms with Crippen LogP contribution in [0.5, 0.6) is 0 Å². The third-order valence-corrected chi connectivity index (χ3v) is 4.73. The molecule has 0 saturated heterocycles. The zero-order chi connectivity index (χ0) is 15.9. The van der Waals surface area contributed by atoms with Gasteiger partial charge in [0.15, 0.2) is 0 Å². The van der Waals surface area contributed by atoms with E-state index in [1.807, 2.05) is 0 Å². The lowest BCUT2D eigenvalue weighted by atomic mass is 10.3. The molecule has 0 fully saturated rings. The Morgan fingerprint density at radius 1 is 1.27 bits per heavy atom. The lowest BCUT2D eigenvalue weighted by molar-refractivity contribution is 0.563. The van der Waals surface area contributed by atoms with E-state index in [0.717, 1.165) is 0 Å². The number of aryl methyl sites for hydroxylation is 1. The summed E-state index contributed by atoms with van der Waals surface area (Å²) in [5, 5.41) is 7.65. The minimum atomic E-state index is -3.74. The quantitative estimate of drug-likeness (QED) is 0.624. The van der Waals surface area contributed by atoms with E-state index in [0.29, 0.717) is 16.7 Å². The van der Waals surface area contributed by atoms with Gasteiger partial charge in [-0.3, -0.25) is 4.68 Å². The molecule has 0 amide bonds. The van der Waals surface area contributed by atoms with Crippen molar-refractivity contribution in [2.75, 3.05) is 0 Å². The minimum absolute atomic E-state index is 0.0611. The van der Waals surface area contributed by atoms with Crippen LogP contribution in [-0.2, 0) is 17.1 Å². The second-order valence-corrected chi connectivity index (χ2v) is 6.66. The molecule has 0 aliphatic rings. The van der Waals surface area contributed by atoms with Gasteiger partial charge >= 0.3 is 5.69 Å². The van der Waals surface area contributed by atoms with Crippen LogP contribution in [-0.4, -0.2) is 33.4 Å². The molecule has 0 radical (unpaired) electrons. The first-order chi connectivity index (χ1) is 10.3. The Kier molecular flexibility index (Phi) is 3.34. The van der Waals surface area contributed by atoms with Crippen LogP contribution in [0.1, 0.15) is 18.7 Å². The van der Waals surface area contributed by atoms with Crippen LogP contribution in [0.2, 0.25) is 0 Å². The number of nitrogens with zero attached hydrogens (tertiary/aromatic N) is 3. The summed E-state index contributed by atoms with van der Waals surface area (Å²) in [6.07, 6.45) is 1.64. The first-order valence-corrected chi connectivity index (χ1v) is 7.94. The lowest BCUT2D eigenvalue weighted by Crippen LogP contribution is -2.27. The highest BCUT2D eigenvalue weighted by Crippen LogP contribution is 2.18.